The van der Waals surface area contributed by atoms with Gasteiger partial charge >= 0.3 is 0 Å². The van der Waals surface area contributed by atoms with E-state index in [2.05, 4.69) is 127 Å². The van der Waals surface area contributed by atoms with Gasteiger partial charge in [-0.2, -0.15) is 0 Å². The molecule has 0 bridgehead atoms. The third-order valence-corrected chi connectivity index (χ3v) is 9.12. The van der Waals surface area contributed by atoms with Crippen LogP contribution in [0.25, 0.3) is 61.4 Å². The van der Waals surface area contributed by atoms with Crippen molar-refractivity contribution in [2.24, 2.45) is 0 Å². The van der Waals surface area contributed by atoms with E-state index in [9.17, 15) is 0 Å². The fourth-order valence-electron chi connectivity index (χ4n) is 6.81. The highest BCUT2D eigenvalue weighted by Crippen LogP contribution is 2.49. The Morgan fingerprint density at radius 2 is 1.09 bits per heavy atom. The van der Waals surface area contributed by atoms with Gasteiger partial charge in [-0.15, -0.1) is 0 Å². The number of rotatable bonds is 5. The van der Waals surface area contributed by atoms with Gasteiger partial charge in [0, 0.05) is 22.3 Å². The fraction of sp³-hybridized carbons (Fsp3) is 0.0465. The third-order valence-electron chi connectivity index (χ3n) is 9.12. The fourth-order valence-corrected chi connectivity index (χ4v) is 6.81. The molecule has 2 atom stereocenters. The van der Waals surface area contributed by atoms with Gasteiger partial charge in [0.2, 0.25) is 0 Å². The lowest BCUT2D eigenvalue weighted by molar-refractivity contribution is 0.271. The number of hydrogen-bond acceptors (Lipinski definition) is 4. The molecule has 6 aromatic carbocycles. The van der Waals surface area contributed by atoms with Crippen LogP contribution in [-0.4, -0.2) is 21.1 Å². The minimum absolute atomic E-state index is 0.0516. The van der Waals surface area contributed by atoms with E-state index in [0.717, 1.165) is 33.6 Å². The summed E-state index contributed by atoms with van der Waals surface area (Å²) in [5.41, 5.74) is 8.75. The molecule has 4 heteroatoms. The first-order valence-corrected chi connectivity index (χ1v) is 15.9. The first-order chi connectivity index (χ1) is 23.3. The van der Waals surface area contributed by atoms with Crippen LogP contribution in [-0.2, 0) is 0 Å². The highest BCUT2D eigenvalue weighted by atomic mass is 16.5. The van der Waals surface area contributed by atoms with Crippen molar-refractivity contribution in [3.05, 3.63) is 175 Å². The lowest BCUT2D eigenvalue weighted by Crippen LogP contribution is -2.20. The summed E-state index contributed by atoms with van der Waals surface area (Å²) in [6.07, 6.45) is 6.19. The zero-order valence-electron chi connectivity index (χ0n) is 25.5. The van der Waals surface area contributed by atoms with Crippen LogP contribution in [0.5, 0.6) is 5.75 Å². The van der Waals surface area contributed by atoms with E-state index in [-0.39, 0.29) is 12.0 Å². The molecule has 1 aromatic heterocycles. The molecule has 0 spiro atoms. The van der Waals surface area contributed by atoms with Crippen molar-refractivity contribution < 1.29 is 4.74 Å². The largest absolute Gasteiger partial charge is 0.485 e. The summed E-state index contributed by atoms with van der Waals surface area (Å²) in [7, 11) is 0. The van der Waals surface area contributed by atoms with Gasteiger partial charge in [0.05, 0.1) is 5.92 Å². The van der Waals surface area contributed by atoms with Gasteiger partial charge in [-0.25, -0.2) is 15.0 Å². The van der Waals surface area contributed by atoms with E-state index in [4.69, 9.17) is 19.7 Å². The Morgan fingerprint density at radius 3 is 1.87 bits per heavy atom. The summed E-state index contributed by atoms with van der Waals surface area (Å²) in [6, 6.07) is 50.6. The molecule has 0 amide bonds. The molecule has 2 unspecified atom stereocenters. The van der Waals surface area contributed by atoms with Crippen molar-refractivity contribution in [3.8, 4) is 50.8 Å². The number of allylic oxidation sites excluding steroid dienone is 2. The molecule has 0 N–H and O–H groups in total. The van der Waals surface area contributed by atoms with Crippen molar-refractivity contribution >= 4 is 16.3 Å². The van der Waals surface area contributed by atoms with Crippen molar-refractivity contribution in [3.63, 3.8) is 0 Å². The second-order valence-corrected chi connectivity index (χ2v) is 12.0. The monoisotopic (exact) mass is 603 g/mol. The SMILES string of the molecule is C1=CC2Oc3ccc(-c4cccc5ccccc45)cc3C2C(c2nc(-c3ccccc3)nc(-c3ccc(-c4ccccc4)cc3)n2)=C1. The summed E-state index contributed by atoms with van der Waals surface area (Å²) >= 11 is 0. The molecule has 7 aromatic rings. The predicted octanol–water partition coefficient (Wildman–Crippen LogP) is 10.2. The molecule has 1 aliphatic heterocycles. The van der Waals surface area contributed by atoms with Crippen molar-refractivity contribution in [2.75, 3.05) is 0 Å². The minimum Gasteiger partial charge on any atom is -0.485 e. The lowest BCUT2D eigenvalue weighted by atomic mass is 9.83. The maximum atomic E-state index is 6.53. The van der Waals surface area contributed by atoms with Crippen molar-refractivity contribution in [2.45, 2.75) is 12.0 Å². The quantitative estimate of drug-likeness (QED) is 0.196. The number of aromatic nitrogens is 3. The molecule has 2 aliphatic rings. The highest BCUT2D eigenvalue weighted by Gasteiger charge is 2.39. The minimum atomic E-state index is -0.140. The Kier molecular flexibility index (Phi) is 6.57. The second kappa shape index (κ2) is 11.3. The van der Waals surface area contributed by atoms with Gasteiger partial charge in [0.15, 0.2) is 17.5 Å². The first kappa shape index (κ1) is 27.2. The molecule has 0 saturated carbocycles. The van der Waals surface area contributed by atoms with Crippen LogP contribution in [0.4, 0.5) is 0 Å². The number of ether oxygens (including phenoxy) is 1. The van der Waals surface area contributed by atoms with E-state index < -0.39 is 0 Å². The molecule has 47 heavy (non-hydrogen) atoms. The Morgan fingerprint density at radius 1 is 0.489 bits per heavy atom. The normalized spacial score (nSPS) is 16.3. The zero-order chi connectivity index (χ0) is 31.2. The lowest BCUT2D eigenvalue weighted by Gasteiger charge is -2.22. The molecule has 9 rings (SSSR count). The van der Waals surface area contributed by atoms with Gasteiger partial charge in [0.1, 0.15) is 11.9 Å². The summed E-state index contributed by atoms with van der Waals surface area (Å²) < 4.78 is 6.53. The van der Waals surface area contributed by atoms with E-state index >= 15 is 0 Å². The molecule has 0 radical (unpaired) electrons. The highest BCUT2D eigenvalue weighted by molar-refractivity contribution is 5.97. The van der Waals surface area contributed by atoms with Gasteiger partial charge in [-0.05, 0) is 51.2 Å². The smallest absolute Gasteiger partial charge is 0.164 e. The summed E-state index contributed by atoms with van der Waals surface area (Å²) in [5.74, 6) is 2.80. The number of fused-ring (bicyclic) bond motifs is 4. The maximum Gasteiger partial charge on any atom is 0.164 e. The maximum absolute atomic E-state index is 6.53. The molecular formula is C43H29N3O. The molecule has 4 nitrogen and oxygen atoms in total. The first-order valence-electron chi connectivity index (χ1n) is 15.9. The Labute approximate surface area is 273 Å². The zero-order valence-corrected chi connectivity index (χ0v) is 25.5. The van der Waals surface area contributed by atoms with Gasteiger partial charge in [-0.3, -0.25) is 0 Å². The standard InChI is InChI=1S/C43H29N3O/c1-3-11-28(12-4-1)29-21-23-32(24-22-29)42-44-41(31-14-5-2-6-15-31)45-43(46-42)36-19-10-20-39-40(36)37-27-33(25-26-38(37)47-39)35-18-9-16-30-13-7-8-17-34(30)35/h1-27,39-40H. The third kappa shape index (κ3) is 4.91. The second-order valence-electron chi connectivity index (χ2n) is 12.0. The van der Waals surface area contributed by atoms with Crippen LogP contribution in [0, 0.1) is 0 Å². The summed E-state index contributed by atoms with van der Waals surface area (Å²) in [6.45, 7) is 0. The number of nitrogens with zero attached hydrogens (tertiary/aromatic N) is 3. The van der Waals surface area contributed by atoms with Crippen molar-refractivity contribution in [1.82, 2.24) is 15.0 Å². The van der Waals surface area contributed by atoms with Gasteiger partial charge in [-0.1, -0.05) is 146 Å². The Balaban J connectivity index is 1.15. The van der Waals surface area contributed by atoms with Crippen LogP contribution in [0.3, 0.4) is 0 Å². The van der Waals surface area contributed by atoms with E-state index in [1.807, 2.05) is 36.4 Å². The van der Waals surface area contributed by atoms with Crippen LogP contribution in [0.2, 0.25) is 0 Å². The average molecular weight is 604 g/mol. The summed E-state index contributed by atoms with van der Waals surface area (Å²) in [5, 5.41) is 2.46. The molecule has 2 heterocycles. The van der Waals surface area contributed by atoms with Crippen LogP contribution in [0.15, 0.2) is 164 Å². The van der Waals surface area contributed by atoms with Gasteiger partial charge in [0.25, 0.3) is 0 Å². The Bertz CT molecular complexity index is 2320. The Hall–Kier alpha value is -6.13. The van der Waals surface area contributed by atoms with E-state index in [1.54, 1.807) is 0 Å². The number of hydrogen-bond donors (Lipinski definition) is 0. The van der Waals surface area contributed by atoms with E-state index in [0.29, 0.717) is 17.5 Å². The van der Waals surface area contributed by atoms with Crippen LogP contribution >= 0.6 is 0 Å². The molecule has 1 aliphatic carbocycles. The molecule has 0 saturated heterocycles. The molecular weight excluding hydrogens is 574 g/mol. The average Bonchev–Trinajstić information content (AvgIpc) is 3.53. The van der Waals surface area contributed by atoms with Crippen molar-refractivity contribution in [1.29, 1.82) is 0 Å². The molecule has 0 fully saturated rings. The predicted molar refractivity (Wildman–Crippen MR) is 190 cm³/mol. The van der Waals surface area contributed by atoms with Crippen LogP contribution in [0.1, 0.15) is 17.3 Å². The molecule has 222 valence electrons. The van der Waals surface area contributed by atoms with Crippen LogP contribution < -0.4 is 4.74 Å². The number of benzene rings is 6. The topological polar surface area (TPSA) is 47.9 Å². The van der Waals surface area contributed by atoms with Gasteiger partial charge < -0.3 is 4.74 Å². The van der Waals surface area contributed by atoms with E-state index in [1.165, 1.54) is 27.5 Å². The summed E-state index contributed by atoms with van der Waals surface area (Å²) in [4.78, 5) is 15.2.